The highest BCUT2D eigenvalue weighted by atomic mass is 19.4. The number of rotatable bonds is 6. The summed E-state index contributed by atoms with van der Waals surface area (Å²) in [6.45, 7) is 7.97. The quantitative estimate of drug-likeness (QED) is 0.861. The molecule has 1 aliphatic rings. The highest BCUT2D eigenvalue weighted by Gasteiger charge is 2.40. The molecule has 1 fully saturated rings. The van der Waals surface area contributed by atoms with E-state index in [0.717, 1.165) is 30.5 Å². The molecule has 2 rings (SSSR count). The second kappa shape index (κ2) is 7.55. The van der Waals surface area contributed by atoms with Gasteiger partial charge in [-0.05, 0) is 53.1 Å². The van der Waals surface area contributed by atoms with E-state index >= 15 is 0 Å². The summed E-state index contributed by atoms with van der Waals surface area (Å²) in [5.41, 5.74) is -1.40. The van der Waals surface area contributed by atoms with Crippen molar-refractivity contribution in [3.8, 4) is 0 Å². The van der Waals surface area contributed by atoms with Crippen molar-refractivity contribution in [1.29, 1.82) is 0 Å². The van der Waals surface area contributed by atoms with Gasteiger partial charge in [0.1, 0.15) is 0 Å². The van der Waals surface area contributed by atoms with E-state index in [1.807, 2.05) is 6.92 Å². The Morgan fingerprint density at radius 1 is 1.29 bits per heavy atom. The van der Waals surface area contributed by atoms with Crippen LogP contribution in [0.4, 0.5) is 13.2 Å². The highest BCUT2D eigenvalue weighted by molar-refractivity contribution is 5.95. The number of carbonyl (C=O) groups is 1. The molecule has 2 heterocycles. The number of alkyl halides is 3. The number of aromatic nitrogens is 2. The van der Waals surface area contributed by atoms with Gasteiger partial charge in [0, 0.05) is 18.6 Å². The first-order valence-electron chi connectivity index (χ1n) is 8.38. The Kier molecular flexibility index (Phi) is 5.90. The molecule has 24 heavy (non-hydrogen) atoms. The van der Waals surface area contributed by atoms with Crippen LogP contribution in [0.25, 0.3) is 0 Å². The van der Waals surface area contributed by atoms with Crippen LogP contribution in [0.5, 0.6) is 0 Å². The fourth-order valence-corrected chi connectivity index (χ4v) is 2.96. The average Bonchev–Trinajstić information content (AvgIpc) is 3.13. The first-order valence-corrected chi connectivity index (χ1v) is 8.38. The van der Waals surface area contributed by atoms with E-state index in [4.69, 9.17) is 0 Å². The van der Waals surface area contributed by atoms with Gasteiger partial charge in [-0.1, -0.05) is 0 Å². The predicted octanol–water partition coefficient (Wildman–Crippen LogP) is 3.09. The Morgan fingerprint density at radius 3 is 2.46 bits per heavy atom. The van der Waals surface area contributed by atoms with E-state index in [9.17, 15) is 18.0 Å². The molecule has 8 heteroatoms. The van der Waals surface area contributed by atoms with Crippen LogP contribution in [0.1, 0.15) is 62.1 Å². The Bertz CT molecular complexity index is 562. The van der Waals surface area contributed by atoms with E-state index in [1.54, 1.807) is 13.8 Å². The van der Waals surface area contributed by atoms with Crippen molar-refractivity contribution in [3.05, 3.63) is 17.5 Å². The second-order valence-electron chi connectivity index (χ2n) is 6.65. The fourth-order valence-electron chi connectivity index (χ4n) is 2.96. The van der Waals surface area contributed by atoms with Gasteiger partial charge < -0.3 is 10.2 Å². The molecule has 0 unspecified atom stereocenters. The molecular formula is C16H25F3N4O. The summed E-state index contributed by atoms with van der Waals surface area (Å²) in [4.78, 5) is 14.6. The van der Waals surface area contributed by atoms with Crippen LogP contribution in [0, 0.1) is 0 Å². The summed E-state index contributed by atoms with van der Waals surface area (Å²) in [6, 6.07) is -0.669. The average molecular weight is 346 g/mol. The zero-order valence-electron chi connectivity index (χ0n) is 14.4. The van der Waals surface area contributed by atoms with Crippen LogP contribution in [0.15, 0.2) is 6.20 Å². The molecule has 0 saturated carbocycles. The maximum absolute atomic E-state index is 13.3. The van der Waals surface area contributed by atoms with E-state index in [0.29, 0.717) is 6.42 Å². The Labute approximate surface area is 140 Å². The van der Waals surface area contributed by atoms with Gasteiger partial charge in [0.25, 0.3) is 5.91 Å². The molecule has 0 aliphatic carbocycles. The maximum Gasteiger partial charge on any atom is 0.433 e. The maximum atomic E-state index is 13.3. The second-order valence-corrected chi connectivity index (χ2v) is 6.65. The Balaban J connectivity index is 2.03. The van der Waals surface area contributed by atoms with Gasteiger partial charge in [0.05, 0.1) is 11.8 Å². The van der Waals surface area contributed by atoms with E-state index < -0.39 is 29.4 Å². The van der Waals surface area contributed by atoms with Crippen molar-refractivity contribution >= 4 is 5.91 Å². The molecule has 1 aliphatic heterocycles. The van der Waals surface area contributed by atoms with Crippen LogP contribution < -0.4 is 5.32 Å². The number of nitrogens with one attached hydrogen (secondary N) is 1. The molecular weight excluding hydrogens is 321 g/mol. The van der Waals surface area contributed by atoms with Gasteiger partial charge in [-0.3, -0.25) is 9.48 Å². The molecule has 136 valence electrons. The van der Waals surface area contributed by atoms with Crippen LogP contribution in [0.2, 0.25) is 0 Å². The topological polar surface area (TPSA) is 50.2 Å². The molecule has 0 aromatic carbocycles. The molecule has 0 radical (unpaired) electrons. The molecule has 0 bridgehead atoms. The SMILES string of the molecule is CC(C)n1ncc(C(=O)N[C@H](C)CCN2CCCC2)c1C(F)(F)F. The lowest BCUT2D eigenvalue weighted by Gasteiger charge is -2.19. The van der Waals surface area contributed by atoms with Crippen molar-refractivity contribution in [3.63, 3.8) is 0 Å². The zero-order valence-corrected chi connectivity index (χ0v) is 14.4. The predicted molar refractivity (Wildman–Crippen MR) is 84.8 cm³/mol. The summed E-state index contributed by atoms with van der Waals surface area (Å²) in [6.07, 6.45) is -0.531. The third kappa shape index (κ3) is 4.49. The van der Waals surface area contributed by atoms with Gasteiger partial charge >= 0.3 is 6.18 Å². The third-order valence-corrected chi connectivity index (χ3v) is 4.25. The summed E-state index contributed by atoms with van der Waals surface area (Å²) in [5.74, 6) is -0.719. The van der Waals surface area contributed by atoms with Crippen molar-refractivity contribution in [1.82, 2.24) is 20.0 Å². The summed E-state index contributed by atoms with van der Waals surface area (Å²) >= 11 is 0. The molecule has 0 spiro atoms. The number of carbonyl (C=O) groups excluding carboxylic acids is 1. The Morgan fingerprint density at radius 2 is 1.92 bits per heavy atom. The summed E-state index contributed by atoms with van der Waals surface area (Å²) in [7, 11) is 0. The Hall–Kier alpha value is -1.57. The standard InChI is InChI=1S/C16H25F3N4O/c1-11(2)23-14(16(17,18)19)13(10-20-23)15(24)21-12(3)6-9-22-7-4-5-8-22/h10-12H,4-9H2,1-3H3,(H,21,24)/t12-/m1/s1. The minimum Gasteiger partial charge on any atom is -0.349 e. The first kappa shape index (κ1) is 18.8. The van der Waals surface area contributed by atoms with Crippen LogP contribution in [0.3, 0.4) is 0 Å². The van der Waals surface area contributed by atoms with Gasteiger partial charge in [-0.15, -0.1) is 0 Å². The van der Waals surface area contributed by atoms with Gasteiger partial charge in [0.2, 0.25) is 0 Å². The zero-order chi connectivity index (χ0) is 17.9. The van der Waals surface area contributed by atoms with Crippen molar-refractivity contribution in [2.45, 2.75) is 58.3 Å². The number of hydrogen-bond acceptors (Lipinski definition) is 3. The molecule has 1 N–H and O–H groups in total. The molecule has 1 saturated heterocycles. The number of halogens is 3. The molecule has 1 amide bonds. The molecule has 1 aromatic heterocycles. The summed E-state index contributed by atoms with van der Waals surface area (Å²) < 4.78 is 40.8. The monoisotopic (exact) mass is 346 g/mol. The highest BCUT2D eigenvalue weighted by Crippen LogP contribution is 2.33. The van der Waals surface area contributed by atoms with Crippen LogP contribution in [-0.2, 0) is 6.18 Å². The first-order chi connectivity index (χ1) is 11.2. The van der Waals surface area contributed by atoms with E-state index in [-0.39, 0.29) is 6.04 Å². The van der Waals surface area contributed by atoms with Gasteiger partial charge in [-0.2, -0.15) is 18.3 Å². The molecule has 1 aromatic rings. The van der Waals surface area contributed by atoms with Crippen LogP contribution >= 0.6 is 0 Å². The van der Waals surface area contributed by atoms with E-state index in [2.05, 4.69) is 15.3 Å². The van der Waals surface area contributed by atoms with E-state index in [1.165, 1.54) is 12.8 Å². The molecule has 5 nitrogen and oxygen atoms in total. The number of nitrogens with zero attached hydrogens (tertiary/aromatic N) is 3. The smallest absolute Gasteiger partial charge is 0.349 e. The van der Waals surface area contributed by atoms with Crippen molar-refractivity contribution in [2.75, 3.05) is 19.6 Å². The minimum atomic E-state index is -4.62. The lowest BCUT2D eigenvalue weighted by molar-refractivity contribution is -0.145. The van der Waals surface area contributed by atoms with Crippen LogP contribution in [-0.4, -0.2) is 46.3 Å². The number of hydrogen-bond donors (Lipinski definition) is 1. The number of amides is 1. The lowest BCUT2D eigenvalue weighted by Crippen LogP contribution is -2.36. The molecule has 1 atom stereocenters. The fraction of sp³-hybridized carbons (Fsp3) is 0.750. The van der Waals surface area contributed by atoms with Gasteiger partial charge in [-0.25, -0.2) is 0 Å². The van der Waals surface area contributed by atoms with Gasteiger partial charge in [0.15, 0.2) is 5.69 Å². The lowest BCUT2D eigenvalue weighted by atomic mass is 10.1. The number of likely N-dealkylation sites (tertiary alicyclic amines) is 1. The largest absolute Gasteiger partial charge is 0.433 e. The normalized spacial score (nSPS) is 17.5. The minimum absolute atomic E-state index is 0.193. The van der Waals surface area contributed by atoms with Crippen molar-refractivity contribution < 1.29 is 18.0 Å². The summed E-state index contributed by atoms with van der Waals surface area (Å²) in [5, 5.41) is 6.41. The van der Waals surface area contributed by atoms with Crippen molar-refractivity contribution in [2.24, 2.45) is 0 Å². The third-order valence-electron chi connectivity index (χ3n) is 4.25.